The average Bonchev–Trinajstić information content (AvgIpc) is 1.64. The minimum absolute atomic E-state index is 0.135. The van der Waals surface area contributed by atoms with E-state index in [1.165, 1.54) is 44.5 Å². The van der Waals surface area contributed by atoms with Gasteiger partial charge in [-0.25, -0.2) is 34.9 Å². The zero-order valence-electron chi connectivity index (χ0n) is 75.6. The summed E-state index contributed by atoms with van der Waals surface area (Å²) in [6.07, 6.45) is 17.3. The van der Waals surface area contributed by atoms with Crippen LogP contribution in [0.25, 0.3) is 183 Å². The monoisotopic (exact) mass is 1600 g/mol. The Kier molecular flexibility index (Phi) is 19.9. The number of nitrogens with zero attached hydrogens (tertiary/aromatic N) is 7. The number of H-pyrrole nitrogens is 4. The van der Waals surface area contributed by atoms with Gasteiger partial charge >= 0.3 is 0 Å². The molecule has 11 heteroatoms. The van der Waals surface area contributed by atoms with Crippen LogP contribution in [0.2, 0.25) is 0 Å². The van der Waals surface area contributed by atoms with Crippen LogP contribution < -0.4 is 0 Å². The molecule has 0 saturated heterocycles. The van der Waals surface area contributed by atoms with Gasteiger partial charge in [0.15, 0.2) is 0 Å². The van der Waals surface area contributed by atoms with Crippen molar-refractivity contribution >= 4 is 92.7 Å². The second-order valence-electron chi connectivity index (χ2n) is 42.1. The van der Waals surface area contributed by atoms with E-state index >= 15 is 0 Å². The number of pyridine rings is 3. The smallest absolute Gasteiger partial charge is 0.0894 e. The van der Waals surface area contributed by atoms with Crippen molar-refractivity contribution in [2.45, 2.75) is 209 Å². The molecule has 11 nitrogen and oxygen atoms in total. The van der Waals surface area contributed by atoms with Crippen molar-refractivity contribution < 1.29 is 0 Å². The highest BCUT2D eigenvalue weighted by Gasteiger charge is 2.31. The second-order valence-corrected chi connectivity index (χ2v) is 42.1. The fraction of sp³-hybridized carbons (Fsp3) is 0.288. The van der Waals surface area contributed by atoms with Gasteiger partial charge < -0.3 is 19.9 Å². The molecule has 0 unspecified atom stereocenters. The second kappa shape index (κ2) is 29.7. The van der Waals surface area contributed by atoms with Crippen LogP contribution in [0.1, 0.15) is 256 Å². The molecule has 122 heavy (non-hydrogen) atoms. The van der Waals surface area contributed by atoms with Gasteiger partial charge in [0.1, 0.15) is 0 Å². The summed E-state index contributed by atoms with van der Waals surface area (Å²) < 4.78 is 0. The lowest BCUT2D eigenvalue weighted by Gasteiger charge is -2.26. The van der Waals surface area contributed by atoms with E-state index in [-0.39, 0.29) is 43.3 Å². The van der Waals surface area contributed by atoms with Crippen LogP contribution in [0.5, 0.6) is 0 Å². The largest absolute Gasteiger partial charge is 0.355 e. The Labute approximate surface area is 720 Å². The first-order valence-corrected chi connectivity index (χ1v) is 43.2. The maximum absolute atomic E-state index is 5.79. The Hall–Kier alpha value is -12.5. The van der Waals surface area contributed by atoms with Gasteiger partial charge in [-0.3, -0.25) is 0 Å². The minimum atomic E-state index is -0.135. The van der Waals surface area contributed by atoms with E-state index in [0.29, 0.717) is 22.8 Å². The van der Waals surface area contributed by atoms with Crippen molar-refractivity contribution in [2.75, 3.05) is 0 Å². The number of aromatic nitrogens is 11. The van der Waals surface area contributed by atoms with Crippen molar-refractivity contribution in [2.24, 2.45) is 0 Å². The van der Waals surface area contributed by atoms with Crippen LogP contribution in [0.4, 0.5) is 0 Å². The molecule has 0 amide bonds. The highest BCUT2D eigenvalue weighted by atomic mass is 14.9. The molecule has 4 aromatic carbocycles. The quantitative estimate of drug-likeness (QED) is 0.118. The van der Waals surface area contributed by atoms with Gasteiger partial charge in [0.25, 0.3) is 0 Å². The van der Waals surface area contributed by atoms with E-state index in [0.717, 1.165) is 157 Å². The first-order valence-electron chi connectivity index (χ1n) is 43.2. The topological polar surface area (TPSA) is 153 Å². The number of hydrogen-bond donors (Lipinski definition) is 4. The molecule has 0 radical (unpaired) electrons. The molecule has 0 saturated carbocycles. The molecule has 0 fully saturated rings. The first-order chi connectivity index (χ1) is 57.4. The number of benzene rings is 4. The normalized spacial score (nSPS) is 13.4. The predicted octanol–water partition coefficient (Wildman–Crippen LogP) is 29.5. The summed E-state index contributed by atoms with van der Waals surface area (Å²) in [4.78, 5) is 55.4. The van der Waals surface area contributed by atoms with Crippen molar-refractivity contribution in [3.63, 3.8) is 0 Å². The number of hydrogen-bond acceptors (Lipinski definition) is 7. The SMILES string of the molecule is CC(C)(C)c1cc(-c2c3nc(c(-c4cccc(-c5cccc(-c6cccc(-c7c8nc(c(-c9cc(C(C)(C)C)cc(C(C)(C)C)c9)c9ccc(cc%10nc(c(-c%11cc(C(C)(C)C)cc(C(C)(C)C)c%11)c%11ccc7[nH]%11)C=C%10)[nH]9)C=C8)n6)n5)n4)c4ccc([nH]4)c(-c4cc(C(C)(C)C)cc(C(C)(C)C)c4)c4nc(cc5ccc2[nH]5)C=C4)C=C3)cc(C(C)(C)C)c1. The number of nitrogens with one attached hydrogen (secondary N) is 4. The molecule has 0 atom stereocenters. The average molecular weight is 1600 g/mol. The van der Waals surface area contributed by atoms with Crippen molar-refractivity contribution in [1.29, 1.82) is 0 Å². The van der Waals surface area contributed by atoms with Gasteiger partial charge in [0.05, 0.1) is 90.7 Å². The molecule has 9 aromatic heterocycles. The third-order valence-electron chi connectivity index (χ3n) is 24.3. The van der Waals surface area contributed by atoms with Crippen molar-refractivity contribution in [3.05, 3.63) is 278 Å². The summed E-state index contributed by atoms with van der Waals surface area (Å²) in [5.74, 6) is 0. The zero-order chi connectivity index (χ0) is 86.4. The first kappa shape index (κ1) is 81.9. The van der Waals surface area contributed by atoms with E-state index in [4.69, 9.17) is 34.9 Å². The Morgan fingerprint density at radius 2 is 0.385 bits per heavy atom. The van der Waals surface area contributed by atoms with E-state index in [2.05, 4.69) is 411 Å². The molecule has 17 rings (SSSR count). The van der Waals surface area contributed by atoms with Gasteiger partial charge in [0, 0.05) is 66.5 Å². The van der Waals surface area contributed by atoms with Crippen LogP contribution in [0.15, 0.2) is 188 Å². The maximum atomic E-state index is 5.79. The molecule has 4 aliphatic rings. The standard InChI is InChI=1S/C111H115N11/c1-104(2,3)68-50-64(51-69(58-68)105(4,5)6)98-86-38-34-76(112-86)62-77-35-39-87(113-77)99(65-52-70(106(7,8)9)59-71(53-65)107(10,11)12)91-43-47-95(120-91)102(94-46-42-90(98)119-94)84-32-26-30-82(117-84)80-28-25-29-81(116-80)83-31-27-33-85(118-83)103-96-48-44-92(121-96)100(66-54-72(108(13,14)15)60-73(55-66)109(16,17)18)88-40-36-78(114-88)63-79-37-41-89(115-79)101(93-45-49-97(103)122-93)67-56-74(110(19,20)21)61-75(57-67)111(22,23)24/h25-63,112,114,120,122H,1-24H3. The Bertz CT molecular complexity index is 6260. The third kappa shape index (κ3) is 16.3. The lowest BCUT2D eigenvalue weighted by Crippen LogP contribution is -2.16. The predicted molar refractivity (Wildman–Crippen MR) is 518 cm³/mol. The van der Waals surface area contributed by atoms with Crippen LogP contribution in [-0.2, 0) is 43.3 Å². The van der Waals surface area contributed by atoms with Gasteiger partial charge in [-0.05, 0) is 256 Å². The molecule has 614 valence electrons. The van der Waals surface area contributed by atoms with Gasteiger partial charge in [0.2, 0.25) is 0 Å². The van der Waals surface area contributed by atoms with Crippen molar-refractivity contribution in [1.82, 2.24) is 54.8 Å². The fourth-order valence-electron chi connectivity index (χ4n) is 16.7. The van der Waals surface area contributed by atoms with E-state index < -0.39 is 0 Å². The number of rotatable bonds is 8. The molecule has 13 heterocycles. The molecular weight excluding hydrogens is 1490 g/mol. The fourth-order valence-corrected chi connectivity index (χ4v) is 16.7. The number of fused-ring (bicyclic) bond motifs is 16. The molecule has 16 bridgehead atoms. The number of aromatic amines is 4. The van der Waals surface area contributed by atoms with Gasteiger partial charge in [-0.2, -0.15) is 0 Å². The highest BCUT2D eigenvalue weighted by molar-refractivity contribution is 6.01. The summed E-state index contributed by atoms with van der Waals surface area (Å²) in [5.41, 5.74) is 37.1. The van der Waals surface area contributed by atoms with Crippen LogP contribution in [0, 0.1) is 0 Å². The molecular formula is C111H115N11. The molecule has 0 aliphatic carbocycles. The highest BCUT2D eigenvalue weighted by Crippen LogP contribution is 2.46. The van der Waals surface area contributed by atoms with Crippen molar-refractivity contribution in [3.8, 4) is 89.8 Å². The molecule has 0 spiro atoms. The lowest BCUT2D eigenvalue weighted by atomic mass is 9.78. The Morgan fingerprint density at radius 3 is 0.648 bits per heavy atom. The van der Waals surface area contributed by atoms with Gasteiger partial charge in [-0.1, -0.05) is 257 Å². The summed E-state index contributed by atoms with van der Waals surface area (Å²) in [5, 5.41) is 0. The molecule has 4 N–H and O–H groups in total. The summed E-state index contributed by atoms with van der Waals surface area (Å²) in [6, 6.07) is 68.8. The van der Waals surface area contributed by atoms with E-state index in [1.807, 2.05) is 12.1 Å². The summed E-state index contributed by atoms with van der Waals surface area (Å²) in [7, 11) is 0. The minimum Gasteiger partial charge on any atom is -0.355 e. The Balaban J connectivity index is 0.874. The third-order valence-corrected chi connectivity index (χ3v) is 24.3. The molecule has 13 aromatic rings. The Morgan fingerprint density at radius 1 is 0.180 bits per heavy atom. The van der Waals surface area contributed by atoms with Crippen LogP contribution in [0.3, 0.4) is 0 Å². The van der Waals surface area contributed by atoms with E-state index in [1.54, 1.807) is 0 Å². The van der Waals surface area contributed by atoms with Gasteiger partial charge in [-0.15, -0.1) is 0 Å². The summed E-state index contributed by atoms with van der Waals surface area (Å²) in [6.45, 7) is 55.1. The summed E-state index contributed by atoms with van der Waals surface area (Å²) >= 11 is 0. The zero-order valence-corrected chi connectivity index (χ0v) is 75.6. The lowest BCUT2D eigenvalue weighted by molar-refractivity contribution is 0.568. The molecule has 4 aliphatic heterocycles. The van der Waals surface area contributed by atoms with Crippen LogP contribution >= 0.6 is 0 Å². The van der Waals surface area contributed by atoms with E-state index in [9.17, 15) is 0 Å². The maximum Gasteiger partial charge on any atom is 0.0894 e. The van der Waals surface area contributed by atoms with Crippen LogP contribution in [-0.4, -0.2) is 54.8 Å².